The molecule has 0 bridgehead atoms. The van der Waals surface area contributed by atoms with Crippen LogP contribution in [0.25, 0.3) is 0 Å². The minimum Gasteiger partial charge on any atom is -0.467 e. The van der Waals surface area contributed by atoms with E-state index in [1.807, 2.05) is 58.9 Å². The van der Waals surface area contributed by atoms with Crippen LogP contribution in [-0.4, -0.2) is 59.1 Å². The molecule has 2 amide bonds. The highest BCUT2D eigenvalue weighted by Gasteiger charge is 2.38. The maximum Gasteiger partial charge on any atom is 0.329 e. The highest BCUT2D eigenvalue weighted by atomic mass is 16.6. The first-order valence-electron chi connectivity index (χ1n) is 9.97. The summed E-state index contributed by atoms with van der Waals surface area (Å²) in [4.78, 5) is 41.0. The Hall–Kier alpha value is -2.57. The molecule has 0 radical (unpaired) electrons. The first kappa shape index (κ1) is 22.7. The zero-order valence-corrected chi connectivity index (χ0v) is 18.2. The van der Waals surface area contributed by atoms with Crippen LogP contribution >= 0.6 is 0 Å². The van der Waals surface area contributed by atoms with Crippen molar-refractivity contribution in [1.29, 1.82) is 0 Å². The van der Waals surface area contributed by atoms with Gasteiger partial charge in [-0.1, -0.05) is 24.3 Å². The molecule has 160 valence electrons. The van der Waals surface area contributed by atoms with Crippen molar-refractivity contribution in [2.24, 2.45) is 0 Å². The fourth-order valence-corrected chi connectivity index (χ4v) is 3.41. The van der Waals surface area contributed by atoms with E-state index in [0.717, 1.165) is 11.1 Å². The van der Waals surface area contributed by atoms with Gasteiger partial charge in [-0.05, 0) is 45.7 Å². The Labute approximate surface area is 172 Å². The smallest absolute Gasteiger partial charge is 0.329 e. The average Bonchev–Trinajstić information content (AvgIpc) is 2.64. The van der Waals surface area contributed by atoms with Gasteiger partial charge in [0.1, 0.15) is 11.6 Å². The van der Waals surface area contributed by atoms with E-state index >= 15 is 0 Å². The lowest BCUT2D eigenvalue weighted by molar-refractivity contribution is -0.155. The molecule has 0 fully saturated rings. The number of fused-ring (bicyclic) bond motifs is 1. The standard InChI is InChI=1S/C22H32N2O5/c1-15(2)23(12-11-19(25)29-22(3,4)5)21(27)24-14-17-10-8-7-9-16(17)13-18(24)20(26)28-6/h7-10,15,18H,11-14H2,1-6H3/t18-/m0/s1. The van der Waals surface area contributed by atoms with Crippen molar-refractivity contribution in [3.8, 4) is 0 Å². The number of ether oxygens (including phenoxy) is 2. The molecule has 0 saturated carbocycles. The van der Waals surface area contributed by atoms with Gasteiger partial charge in [0.15, 0.2) is 0 Å². The summed E-state index contributed by atoms with van der Waals surface area (Å²) >= 11 is 0. The number of hydrogen-bond acceptors (Lipinski definition) is 5. The van der Waals surface area contributed by atoms with Crippen LogP contribution < -0.4 is 0 Å². The summed E-state index contributed by atoms with van der Waals surface area (Å²) in [6, 6.07) is 6.66. The lowest BCUT2D eigenvalue weighted by Crippen LogP contribution is -2.55. The van der Waals surface area contributed by atoms with Crippen LogP contribution in [0.3, 0.4) is 0 Å². The van der Waals surface area contributed by atoms with Crippen LogP contribution in [-0.2, 0) is 32.0 Å². The van der Waals surface area contributed by atoms with Crippen LogP contribution in [0.4, 0.5) is 4.79 Å². The fraction of sp³-hybridized carbons (Fsp3) is 0.591. The second-order valence-electron chi connectivity index (χ2n) is 8.55. The molecule has 29 heavy (non-hydrogen) atoms. The van der Waals surface area contributed by atoms with E-state index in [1.54, 1.807) is 9.80 Å². The second-order valence-corrected chi connectivity index (χ2v) is 8.55. The Morgan fingerprint density at radius 1 is 1.17 bits per heavy atom. The van der Waals surface area contributed by atoms with E-state index in [1.165, 1.54) is 7.11 Å². The zero-order chi connectivity index (χ0) is 21.8. The Balaban J connectivity index is 2.19. The largest absolute Gasteiger partial charge is 0.467 e. The van der Waals surface area contributed by atoms with Crippen molar-refractivity contribution in [2.45, 2.75) is 71.7 Å². The summed E-state index contributed by atoms with van der Waals surface area (Å²) in [5, 5.41) is 0. The number of urea groups is 1. The van der Waals surface area contributed by atoms with Gasteiger partial charge >= 0.3 is 18.0 Å². The quantitative estimate of drug-likeness (QED) is 0.705. The van der Waals surface area contributed by atoms with Crippen molar-refractivity contribution in [2.75, 3.05) is 13.7 Å². The van der Waals surface area contributed by atoms with Crippen molar-refractivity contribution in [1.82, 2.24) is 9.80 Å². The zero-order valence-electron chi connectivity index (χ0n) is 18.2. The van der Waals surface area contributed by atoms with Crippen LogP contribution in [0, 0.1) is 0 Å². The Bertz CT molecular complexity index is 754. The SMILES string of the molecule is COC(=O)[C@@H]1Cc2ccccc2CN1C(=O)N(CCC(=O)OC(C)(C)C)C(C)C. The van der Waals surface area contributed by atoms with Crippen LogP contribution in [0.5, 0.6) is 0 Å². The molecule has 0 saturated heterocycles. The maximum atomic E-state index is 13.4. The summed E-state index contributed by atoms with van der Waals surface area (Å²) in [5.74, 6) is -0.798. The molecule has 0 unspecified atom stereocenters. The van der Waals surface area contributed by atoms with E-state index in [9.17, 15) is 14.4 Å². The van der Waals surface area contributed by atoms with Crippen molar-refractivity contribution >= 4 is 18.0 Å². The van der Waals surface area contributed by atoms with E-state index in [4.69, 9.17) is 9.47 Å². The average molecular weight is 405 g/mol. The number of rotatable bonds is 5. The van der Waals surface area contributed by atoms with Gasteiger partial charge in [0.2, 0.25) is 0 Å². The topological polar surface area (TPSA) is 76.2 Å². The minimum absolute atomic E-state index is 0.0918. The highest BCUT2D eigenvalue weighted by molar-refractivity contribution is 5.85. The lowest BCUT2D eigenvalue weighted by atomic mass is 9.94. The van der Waals surface area contributed by atoms with Gasteiger partial charge < -0.3 is 19.3 Å². The number of carbonyl (C=O) groups excluding carboxylic acids is 3. The summed E-state index contributed by atoms with van der Waals surface area (Å²) in [6.45, 7) is 9.74. The Morgan fingerprint density at radius 3 is 2.34 bits per heavy atom. The monoisotopic (exact) mass is 404 g/mol. The number of hydrogen-bond donors (Lipinski definition) is 0. The van der Waals surface area contributed by atoms with E-state index in [-0.39, 0.29) is 31.0 Å². The highest BCUT2D eigenvalue weighted by Crippen LogP contribution is 2.26. The van der Waals surface area contributed by atoms with Crippen molar-refractivity contribution in [3.05, 3.63) is 35.4 Å². The Kier molecular flexibility index (Phi) is 7.27. The van der Waals surface area contributed by atoms with Crippen molar-refractivity contribution in [3.63, 3.8) is 0 Å². The summed E-state index contributed by atoms with van der Waals surface area (Å²) in [7, 11) is 1.33. The molecule has 7 nitrogen and oxygen atoms in total. The first-order valence-corrected chi connectivity index (χ1v) is 9.97. The van der Waals surface area contributed by atoms with Crippen LogP contribution in [0.15, 0.2) is 24.3 Å². The molecule has 7 heteroatoms. The fourth-order valence-electron chi connectivity index (χ4n) is 3.41. The first-order chi connectivity index (χ1) is 13.5. The van der Waals surface area contributed by atoms with Crippen molar-refractivity contribution < 1.29 is 23.9 Å². The number of nitrogens with zero attached hydrogens (tertiary/aromatic N) is 2. The third kappa shape index (κ3) is 5.95. The van der Waals surface area contributed by atoms with E-state index in [0.29, 0.717) is 13.0 Å². The molecule has 1 aromatic carbocycles. The number of carbonyl (C=O) groups is 3. The molecule has 0 aliphatic carbocycles. The maximum absolute atomic E-state index is 13.4. The third-order valence-electron chi connectivity index (χ3n) is 4.81. The Morgan fingerprint density at radius 2 is 1.79 bits per heavy atom. The molecule has 1 heterocycles. The predicted molar refractivity (Wildman–Crippen MR) is 109 cm³/mol. The van der Waals surface area contributed by atoms with Crippen LogP contribution in [0.1, 0.15) is 52.2 Å². The van der Waals surface area contributed by atoms with Gasteiger partial charge in [0.05, 0.1) is 13.5 Å². The molecule has 1 aliphatic heterocycles. The number of esters is 2. The summed E-state index contributed by atoms with van der Waals surface area (Å²) < 4.78 is 10.3. The van der Waals surface area contributed by atoms with Gasteiger partial charge in [0.25, 0.3) is 0 Å². The molecule has 0 N–H and O–H groups in total. The second kappa shape index (κ2) is 9.29. The van der Waals surface area contributed by atoms with Gasteiger partial charge in [-0.2, -0.15) is 0 Å². The van der Waals surface area contributed by atoms with Crippen LogP contribution in [0.2, 0.25) is 0 Å². The molecule has 0 spiro atoms. The van der Waals surface area contributed by atoms with E-state index in [2.05, 4.69) is 0 Å². The molecular formula is C22H32N2O5. The minimum atomic E-state index is -0.690. The molecule has 1 aromatic rings. The van der Waals surface area contributed by atoms with E-state index < -0.39 is 17.6 Å². The summed E-state index contributed by atoms with van der Waals surface area (Å²) in [5.41, 5.74) is 1.48. The number of benzene rings is 1. The van der Waals surface area contributed by atoms with Gasteiger partial charge in [-0.25, -0.2) is 9.59 Å². The number of amides is 2. The molecule has 1 aliphatic rings. The predicted octanol–water partition coefficient (Wildman–Crippen LogP) is 3.15. The molecule has 1 atom stereocenters. The normalized spacial score (nSPS) is 16.2. The van der Waals surface area contributed by atoms with Gasteiger partial charge in [-0.15, -0.1) is 0 Å². The molecular weight excluding hydrogens is 372 g/mol. The lowest BCUT2D eigenvalue weighted by Gasteiger charge is -2.39. The van der Waals surface area contributed by atoms with Gasteiger partial charge in [0, 0.05) is 25.6 Å². The third-order valence-corrected chi connectivity index (χ3v) is 4.81. The van der Waals surface area contributed by atoms with Gasteiger partial charge in [-0.3, -0.25) is 4.79 Å². The number of methoxy groups -OCH3 is 1. The molecule has 0 aromatic heterocycles. The molecule has 2 rings (SSSR count). The summed E-state index contributed by atoms with van der Waals surface area (Å²) in [6.07, 6.45) is 0.501.